The van der Waals surface area contributed by atoms with E-state index in [1.165, 1.54) is 6.92 Å². The molecule has 1 amide bonds. The van der Waals surface area contributed by atoms with Gasteiger partial charge in [0, 0.05) is 0 Å². The number of carbonyl (C=O) groups is 1. The number of nitrogens with zero attached hydrogens (tertiary/aromatic N) is 1. The van der Waals surface area contributed by atoms with E-state index in [9.17, 15) is 17.6 Å². The summed E-state index contributed by atoms with van der Waals surface area (Å²) < 4.78 is 43.9. The Balaban J connectivity index is 2.84. The number of rotatable bonds is 4. The SMILES string of the molecule is CCOC(=O)NS(=O)(=O)Nc1ccc(F)c(C#N)c1. The molecule has 0 fully saturated rings. The maximum Gasteiger partial charge on any atom is 0.422 e. The van der Waals surface area contributed by atoms with Crippen molar-refractivity contribution < 1.29 is 22.3 Å². The molecule has 1 rings (SSSR count). The van der Waals surface area contributed by atoms with Crippen molar-refractivity contribution in [2.24, 2.45) is 0 Å². The fourth-order valence-corrected chi connectivity index (χ4v) is 1.89. The highest BCUT2D eigenvalue weighted by atomic mass is 32.2. The molecule has 0 saturated heterocycles. The zero-order chi connectivity index (χ0) is 14.5. The van der Waals surface area contributed by atoms with Crippen LogP contribution < -0.4 is 9.44 Å². The van der Waals surface area contributed by atoms with E-state index in [4.69, 9.17) is 5.26 Å². The Morgan fingerprint density at radius 2 is 2.21 bits per heavy atom. The smallest absolute Gasteiger partial charge is 0.422 e. The van der Waals surface area contributed by atoms with E-state index in [0.717, 1.165) is 18.2 Å². The molecule has 0 aliphatic carbocycles. The van der Waals surface area contributed by atoms with Crippen molar-refractivity contribution in [2.45, 2.75) is 6.92 Å². The molecule has 102 valence electrons. The summed E-state index contributed by atoms with van der Waals surface area (Å²) in [6, 6.07) is 4.60. The van der Waals surface area contributed by atoms with Gasteiger partial charge < -0.3 is 4.74 Å². The Hall–Kier alpha value is -2.34. The number of ether oxygens (including phenoxy) is 1. The number of nitrogens with one attached hydrogen (secondary N) is 2. The predicted octanol–water partition coefficient (Wildman–Crippen LogP) is 1.10. The third kappa shape index (κ3) is 4.44. The van der Waals surface area contributed by atoms with Crippen molar-refractivity contribution in [3.8, 4) is 6.07 Å². The van der Waals surface area contributed by atoms with Crippen LogP contribution in [0.1, 0.15) is 12.5 Å². The fourth-order valence-electron chi connectivity index (χ4n) is 1.13. The Bertz CT molecular complexity index is 624. The fraction of sp³-hybridized carbons (Fsp3) is 0.200. The lowest BCUT2D eigenvalue weighted by molar-refractivity contribution is 0.159. The van der Waals surface area contributed by atoms with E-state index >= 15 is 0 Å². The van der Waals surface area contributed by atoms with Crippen molar-refractivity contribution in [3.05, 3.63) is 29.6 Å². The summed E-state index contributed by atoms with van der Waals surface area (Å²) in [5.41, 5.74) is -0.383. The van der Waals surface area contributed by atoms with Gasteiger partial charge >= 0.3 is 16.3 Å². The lowest BCUT2D eigenvalue weighted by Crippen LogP contribution is -2.35. The largest absolute Gasteiger partial charge is 0.449 e. The molecule has 2 N–H and O–H groups in total. The highest BCUT2D eigenvalue weighted by Gasteiger charge is 2.15. The van der Waals surface area contributed by atoms with Crippen LogP contribution in [-0.4, -0.2) is 21.1 Å². The average Bonchev–Trinajstić information content (AvgIpc) is 2.30. The molecule has 0 heterocycles. The molecule has 0 aromatic heterocycles. The second-order valence-electron chi connectivity index (χ2n) is 3.23. The monoisotopic (exact) mass is 287 g/mol. The van der Waals surface area contributed by atoms with E-state index in [0.29, 0.717) is 0 Å². The minimum atomic E-state index is -4.20. The Morgan fingerprint density at radius 1 is 1.53 bits per heavy atom. The lowest BCUT2D eigenvalue weighted by atomic mass is 10.2. The van der Waals surface area contributed by atoms with Gasteiger partial charge in [-0.1, -0.05) is 0 Å². The first kappa shape index (κ1) is 14.7. The topological polar surface area (TPSA) is 108 Å². The van der Waals surface area contributed by atoms with Crippen LogP contribution in [0, 0.1) is 17.1 Å². The van der Waals surface area contributed by atoms with Gasteiger partial charge in [0.25, 0.3) is 0 Å². The first-order valence-electron chi connectivity index (χ1n) is 5.05. The zero-order valence-corrected chi connectivity index (χ0v) is 10.6. The van der Waals surface area contributed by atoms with Crippen LogP contribution in [-0.2, 0) is 14.9 Å². The number of halogens is 1. The van der Waals surface area contributed by atoms with Gasteiger partial charge in [-0.15, -0.1) is 0 Å². The number of carbonyl (C=O) groups excluding carboxylic acids is 1. The maximum absolute atomic E-state index is 13.0. The summed E-state index contributed by atoms with van der Waals surface area (Å²) in [5, 5.41) is 8.60. The van der Waals surface area contributed by atoms with Crippen LogP contribution in [0.4, 0.5) is 14.9 Å². The molecule has 0 bridgehead atoms. The van der Waals surface area contributed by atoms with E-state index in [2.05, 4.69) is 4.74 Å². The highest BCUT2D eigenvalue weighted by molar-refractivity contribution is 7.91. The minimum absolute atomic E-state index is 0.0104. The summed E-state index contributed by atoms with van der Waals surface area (Å²) >= 11 is 0. The minimum Gasteiger partial charge on any atom is -0.449 e. The Morgan fingerprint density at radius 3 is 2.79 bits per heavy atom. The summed E-state index contributed by atoms with van der Waals surface area (Å²) in [5.74, 6) is -0.774. The molecule has 0 aliphatic heterocycles. The number of nitriles is 1. The molecular formula is C10H10FN3O4S. The van der Waals surface area contributed by atoms with Crippen LogP contribution in [0.15, 0.2) is 18.2 Å². The molecule has 1 aromatic rings. The third-order valence-corrected chi connectivity index (χ3v) is 2.77. The maximum atomic E-state index is 13.0. The van der Waals surface area contributed by atoms with Gasteiger partial charge in [0.05, 0.1) is 17.9 Å². The zero-order valence-electron chi connectivity index (χ0n) is 9.81. The summed E-state index contributed by atoms with van der Waals surface area (Å²) in [6.45, 7) is 1.52. The Labute approximate surface area is 109 Å². The molecule has 0 radical (unpaired) electrons. The van der Waals surface area contributed by atoms with Gasteiger partial charge in [-0.25, -0.2) is 13.9 Å². The molecule has 0 saturated carbocycles. The van der Waals surface area contributed by atoms with Gasteiger partial charge in [-0.2, -0.15) is 13.7 Å². The second-order valence-corrected chi connectivity index (χ2v) is 4.65. The quantitative estimate of drug-likeness (QED) is 0.862. The van der Waals surface area contributed by atoms with Crippen molar-refractivity contribution >= 4 is 22.0 Å². The van der Waals surface area contributed by atoms with E-state index in [1.54, 1.807) is 10.8 Å². The van der Waals surface area contributed by atoms with Crippen LogP contribution in [0.25, 0.3) is 0 Å². The average molecular weight is 287 g/mol. The van der Waals surface area contributed by atoms with Gasteiger partial charge in [0.2, 0.25) is 0 Å². The molecule has 0 atom stereocenters. The first-order chi connectivity index (χ1) is 8.88. The second kappa shape index (κ2) is 6.01. The molecule has 9 heteroatoms. The molecule has 0 aliphatic rings. The van der Waals surface area contributed by atoms with Gasteiger partial charge in [-0.3, -0.25) is 4.72 Å². The normalized spacial score (nSPS) is 10.4. The molecule has 19 heavy (non-hydrogen) atoms. The number of anilines is 1. The summed E-state index contributed by atoms with van der Waals surface area (Å²) in [7, 11) is -4.20. The van der Waals surface area contributed by atoms with Crippen LogP contribution >= 0.6 is 0 Å². The predicted molar refractivity (Wildman–Crippen MR) is 63.8 cm³/mol. The van der Waals surface area contributed by atoms with Crippen molar-refractivity contribution in [3.63, 3.8) is 0 Å². The first-order valence-corrected chi connectivity index (χ1v) is 6.53. The number of benzene rings is 1. The van der Waals surface area contributed by atoms with Crippen molar-refractivity contribution in [1.82, 2.24) is 4.72 Å². The highest BCUT2D eigenvalue weighted by Crippen LogP contribution is 2.14. The number of amides is 1. The van der Waals surface area contributed by atoms with Gasteiger partial charge in [-0.05, 0) is 25.1 Å². The van der Waals surface area contributed by atoms with Crippen LogP contribution in [0.2, 0.25) is 0 Å². The van der Waals surface area contributed by atoms with Gasteiger partial charge in [0.1, 0.15) is 11.9 Å². The van der Waals surface area contributed by atoms with Crippen molar-refractivity contribution in [2.75, 3.05) is 11.3 Å². The van der Waals surface area contributed by atoms with Crippen LogP contribution in [0.5, 0.6) is 0 Å². The number of hydrogen-bond acceptors (Lipinski definition) is 5. The summed E-state index contributed by atoms with van der Waals surface area (Å²) in [4.78, 5) is 11.0. The van der Waals surface area contributed by atoms with E-state index < -0.39 is 22.1 Å². The lowest BCUT2D eigenvalue weighted by Gasteiger charge is -2.09. The van der Waals surface area contributed by atoms with E-state index in [1.807, 2.05) is 4.72 Å². The third-order valence-electron chi connectivity index (χ3n) is 1.83. The molecule has 0 spiro atoms. The molecule has 0 unspecified atom stereocenters. The molecule has 1 aromatic carbocycles. The van der Waals surface area contributed by atoms with Crippen molar-refractivity contribution in [1.29, 1.82) is 5.26 Å². The Kier molecular flexibility index (Phi) is 4.66. The molecular weight excluding hydrogens is 277 g/mol. The van der Waals surface area contributed by atoms with E-state index in [-0.39, 0.29) is 17.9 Å². The standard InChI is InChI=1S/C10H10FN3O4S/c1-2-18-10(15)14-19(16,17)13-8-3-4-9(11)7(5-8)6-12/h3-5,13H,2H2,1H3,(H,14,15). The molecule has 7 nitrogen and oxygen atoms in total. The number of hydrogen-bond donors (Lipinski definition) is 2. The van der Waals surface area contributed by atoms with Gasteiger partial charge in [0.15, 0.2) is 0 Å². The van der Waals surface area contributed by atoms with Crippen LogP contribution in [0.3, 0.4) is 0 Å². The summed E-state index contributed by atoms with van der Waals surface area (Å²) in [6.07, 6.45) is -1.14.